The van der Waals surface area contributed by atoms with Crippen LogP contribution in [-0.4, -0.2) is 52.7 Å². The first-order valence-corrected chi connectivity index (χ1v) is 8.68. The van der Waals surface area contributed by atoms with Crippen molar-refractivity contribution in [1.29, 1.82) is 0 Å². The molecule has 2 fully saturated rings. The Morgan fingerprint density at radius 1 is 1.35 bits per heavy atom. The Bertz CT molecular complexity index is 755. The van der Waals surface area contributed by atoms with Crippen molar-refractivity contribution in [3.63, 3.8) is 0 Å². The van der Waals surface area contributed by atoms with E-state index in [1.54, 1.807) is 24.5 Å². The predicted octanol–water partition coefficient (Wildman–Crippen LogP) is 1.43. The Morgan fingerprint density at radius 3 is 2.81 bits per heavy atom. The van der Waals surface area contributed by atoms with E-state index in [0.717, 1.165) is 12.8 Å². The molecule has 4 heterocycles. The van der Waals surface area contributed by atoms with Gasteiger partial charge in [-0.3, -0.25) is 9.78 Å². The van der Waals surface area contributed by atoms with Gasteiger partial charge in [0.15, 0.2) is 5.82 Å². The molecule has 2 aliphatic rings. The van der Waals surface area contributed by atoms with E-state index in [4.69, 9.17) is 4.74 Å². The molecule has 7 nitrogen and oxygen atoms in total. The number of nitrogens with one attached hydrogen (secondary N) is 1. The van der Waals surface area contributed by atoms with E-state index in [0.29, 0.717) is 43.7 Å². The highest BCUT2D eigenvalue weighted by Gasteiger charge is 2.47. The summed E-state index contributed by atoms with van der Waals surface area (Å²) >= 11 is 0. The summed E-state index contributed by atoms with van der Waals surface area (Å²) in [7, 11) is 0. The Morgan fingerprint density at radius 2 is 2.15 bits per heavy atom. The number of hydrogen-bond acceptors (Lipinski definition) is 6. The predicted molar refractivity (Wildman–Crippen MR) is 92.2 cm³/mol. The van der Waals surface area contributed by atoms with Crippen molar-refractivity contribution in [3.8, 4) is 0 Å². The van der Waals surface area contributed by atoms with Gasteiger partial charge in [-0.25, -0.2) is 14.4 Å². The largest absolute Gasteiger partial charge is 0.371 e. The summed E-state index contributed by atoms with van der Waals surface area (Å²) in [6, 6.07) is 3.49. The SMILES string of the molecule is O=C(NC[C@@H]1CCC2(CN(c3ncc(F)cn3)C2)OC1)c1cccnc1. The summed E-state index contributed by atoms with van der Waals surface area (Å²) < 4.78 is 19.0. The van der Waals surface area contributed by atoms with Crippen molar-refractivity contribution in [1.82, 2.24) is 20.3 Å². The zero-order chi connectivity index (χ0) is 18.0. The molecule has 2 aromatic heterocycles. The minimum Gasteiger partial charge on any atom is -0.371 e. The van der Waals surface area contributed by atoms with Gasteiger partial charge in [0, 0.05) is 18.9 Å². The maximum absolute atomic E-state index is 12.9. The molecule has 1 amide bonds. The van der Waals surface area contributed by atoms with Gasteiger partial charge < -0.3 is 15.0 Å². The number of rotatable bonds is 4. The van der Waals surface area contributed by atoms with Crippen LogP contribution in [0.1, 0.15) is 23.2 Å². The van der Waals surface area contributed by atoms with Crippen molar-refractivity contribution in [3.05, 3.63) is 48.3 Å². The molecule has 4 rings (SSSR count). The molecule has 2 saturated heterocycles. The fraction of sp³-hybridized carbons (Fsp3) is 0.444. The maximum atomic E-state index is 12.9. The van der Waals surface area contributed by atoms with Gasteiger partial charge in [-0.15, -0.1) is 0 Å². The van der Waals surface area contributed by atoms with E-state index >= 15 is 0 Å². The molecule has 1 atom stereocenters. The van der Waals surface area contributed by atoms with Crippen LogP contribution in [0.3, 0.4) is 0 Å². The van der Waals surface area contributed by atoms with Gasteiger partial charge in [-0.05, 0) is 30.9 Å². The highest BCUT2D eigenvalue weighted by atomic mass is 19.1. The lowest BCUT2D eigenvalue weighted by Gasteiger charge is -2.52. The summed E-state index contributed by atoms with van der Waals surface area (Å²) in [5, 5.41) is 2.95. The molecular weight excluding hydrogens is 337 g/mol. The average molecular weight is 357 g/mol. The monoisotopic (exact) mass is 357 g/mol. The third-order valence-corrected chi connectivity index (χ3v) is 4.96. The van der Waals surface area contributed by atoms with Crippen LogP contribution in [0, 0.1) is 11.7 Å². The number of anilines is 1. The number of carbonyl (C=O) groups is 1. The molecule has 2 aromatic rings. The number of nitrogens with zero attached hydrogens (tertiary/aromatic N) is 4. The van der Waals surface area contributed by atoms with Crippen LogP contribution in [0.4, 0.5) is 10.3 Å². The van der Waals surface area contributed by atoms with Crippen LogP contribution in [0.25, 0.3) is 0 Å². The Balaban J connectivity index is 1.22. The van der Waals surface area contributed by atoms with E-state index < -0.39 is 5.82 Å². The van der Waals surface area contributed by atoms with Crippen molar-refractivity contribution in [2.75, 3.05) is 31.1 Å². The molecule has 0 aromatic carbocycles. The number of ether oxygens (including phenoxy) is 1. The van der Waals surface area contributed by atoms with E-state index in [1.165, 1.54) is 12.4 Å². The lowest BCUT2D eigenvalue weighted by Crippen LogP contribution is -2.65. The van der Waals surface area contributed by atoms with Crippen molar-refractivity contribution < 1.29 is 13.9 Å². The molecule has 136 valence electrons. The van der Waals surface area contributed by atoms with E-state index in [-0.39, 0.29) is 11.5 Å². The summed E-state index contributed by atoms with van der Waals surface area (Å²) in [5.41, 5.74) is 0.399. The third-order valence-electron chi connectivity index (χ3n) is 4.96. The van der Waals surface area contributed by atoms with Gasteiger partial charge in [0.2, 0.25) is 5.95 Å². The topological polar surface area (TPSA) is 80.2 Å². The second kappa shape index (κ2) is 6.95. The van der Waals surface area contributed by atoms with E-state index in [2.05, 4.69) is 20.3 Å². The maximum Gasteiger partial charge on any atom is 0.252 e. The molecule has 1 N–H and O–H groups in total. The smallest absolute Gasteiger partial charge is 0.252 e. The van der Waals surface area contributed by atoms with Crippen molar-refractivity contribution in [2.45, 2.75) is 18.4 Å². The molecule has 0 bridgehead atoms. The standard InChI is InChI=1S/C18H20FN5O2/c19-15-8-22-17(23-9-15)24-11-18(12-24)4-3-13(10-26-18)6-21-16(25)14-2-1-5-20-7-14/h1-2,5,7-9,13H,3-4,6,10-12H2,(H,21,25)/t13-/m0/s1. The first-order chi connectivity index (χ1) is 12.6. The molecule has 0 radical (unpaired) electrons. The molecule has 1 spiro atoms. The first kappa shape index (κ1) is 16.8. The number of halogens is 1. The summed E-state index contributed by atoms with van der Waals surface area (Å²) in [6.45, 7) is 2.64. The van der Waals surface area contributed by atoms with Gasteiger partial charge in [0.25, 0.3) is 5.91 Å². The van der Waals surface area contributed by atoms with Gasteiger partial charge in [-0.2, -0.15) is 0 Å². The second-order valence-electron chi connectivity index (χ2n) is 6.91. The quantitative estimate of drug-likeness (QED) is 0.892. The molecule has 0 aliphatic carbocycles. The Labute approximate surface area is 150 Å². The second-order valence-corrected chi connectivity index (χ2v) is 6.91. The van der Waals surface area contributed by atoms with Crippen LogP contribution in [0.5, 0.6) is 0 Å². The summed E-state index contributed by atoms with van der Waals surface area (Å²) in [5.74, 6) is 0.291. The van der Waals surface area contributed by atoms with Crippen molar-refractivity contribution >= 4 is 11.9 Å². The Hall–Kier alpha value is -2.61. The van der Waals surface area contributed by atoms with Gasteiger partial charge in [0.1, 0.15) is 5.60 Å². The molecule has 0 unspecified atom stereocenters. The highest BCUT2D eigenvalue weighted by molar-refractivity contribution is 5.93. The van der Waals surface area contributed by atoms with Crippen LogP contribution in [0.15, 0.2) is 36.9 Å². The molecule has 0 saturated carbocycles. The normalized spacial score (nSPS) is 21.3. The van der Waals surface area contributed by atoms with Crippen LogP contribution in [-0.2, 0) is 4.74 Å². The zero-order valence-electron chi connectivity index (χ0n) is 14.3. The lowest BCUT2D eigenvalue weighted by atomic mass is 9.83. The minimum absolute atomic E-state index is 0.110. The minimum atomic E-state index is -0.436. The number of hydrogen-bond donors (Lipinski definition) is 1. The van der Waals surface area contributed by atoms with Crippen LogP contribution < -0.4 is 10.2 Å². The summed E-state index contributed by atoms with van der Waals surface area (Å²) in [6.07, 6.45) is 7.47. The number of amides is 1. The third kappa shape index (κ3) is 3.50. The molecular formula is C18H20FN5O2. The fourth-order valence-electron chi connectivity index (χ4n) is 3.42. The number of carbonyl (C=O) groups excluding carboxylic acids is 1. The van der Waals surface area contributed by atoms with Crippen LogP contribution >= 0.6 is 0 Å². The first-order valence-electron chi connectivity index (χ1n) is 8.68. The van der Waals surface area contributed by atoms with Crippen LogP contribution in [0.2, 0.25) is 0 Å². The van der Waals surface area contributed by atoms with E-state index in [1.807, 2.05) is 4.90 Å². The zero-order valence-corrected chi connectivity index (χ0v) is 14.3. The van der Waals surface area contributed by atoms with Gasteiger partial charge >= 0.3 is 0 Å². The average Bonchev–Trinajstić information content (AvgIpc) is 2.66. The molecule has 2 aliphatic heterocycles. The van der Waals surface area contributed by atoms with Crippen molar-refractivity contribution in [2.24, 2.45) is 5.92 Å². The number of pyridine rings is 1. The highest BCUT2D eigenvalue weighted by Crippen LogP contribution is 2.37. The Kier molecular flexibility index (Phi) is 4.50. The number of aromatic nitrogens is 3. The molecule has 8 heteroatoms. The van der Waals surface area contributed by atoms with Gasteiger partial charge in [0.05, 0.1) is 37.7 Å². The summed E-state index contributed by atoms with van der Waals surface area (Å²) in [4.78, 5) is 26.0. The van der Waals surface area contributed by atoms with E-state index in [9.17, 15) is 9.18 Å². The lowest BCUT2D eigenvalue weighted by molar-refractivity contribution is -0.115. The fourth-order valence-corrected chi connectivity index (χ4v) is 3.42. The molecule has 26 heavy (non-hydrogen) atoms. The van der Waals surface area contributed by atoms with Gasteiger partial charge in [-0.1, -0.05) is 0 Å².